The number of aliphatic hydroxyl groups is 1. The summed E-state index contributed by atoms with van der Waals surface area (Å²) < 4.78 is 45.4. The van der Waals surface area contributed by atoms with Gasteiger partial charge in [0.05, 0.1) is 13.2 Å². The van der Waals surface area contributed by atoms with Crippen LogP contribution in [-0.2, 0) is 10.0 Å². The zero-order valence-corrected chi connectivity index (χ0v) is 15.0. The van der Waals surface area contributed by atoms with Crippen molar-refractivity contribution < 1.29 is 22.7 Å². The second-order valence-corrected chi connectivity index (χ2v) is 7.38. The maximum absolute atomic E-state index is 13.4. The Bertz CT molecular complexity index is 823. The Morgan fingerprint density at radius 2 is 1.84 bits per heavy atom. The number of nitrogens with one attached hydrogen (secondary N) is 1. The number of sulfonamides is 1. The average Bonchev–Trinajstić information content (AvgIpc) is 2.59. The molecular formula is C17H21FN2O4S. The molecular weight excluding hydrogens is 347 g/mol. The number of benzene rings is 2. The van der Waals surface area contributed by atoms with Crippen molar-refractivity contribution >= 4 is 15.7 Å². The number of hydrogen-bond acceptors (Lipinski definition) is 5. The Labute approximate surface area is 146 Å². The van der Waals surface area contributed by atoms with Crippen LogP contribution >= 0.6 is 0 Å². The van der Waals surface area contributed by atoms with Gasteiger partial charge in [-0.15, -0.1) is 0 Å². The molecule has 0 aromatic heterocycles. The molecule has 0 amide bonds. The third-order valence-corrected chi connectivity index (χ3v) is 5.12. The third-order valence-electron chi connectivity index (χ3n) is 3.68. The van der Waals surface area contributed by atoms with Gasteiger partial charge in [-0.2, -0.15) is 0 Å². The van der Waals surface area contributed by atoms with E-state index in [1.165, 1.54) is 13.2 Å². The standard InChI is InChI=1S/C17H21FN2O4S/c1-20(2)14-7-4-12(5-8-14)15(21)11-19-25(22,23)17-10-13(18)6-9-16(17)24-3/h4-10,15,19,21H,11H2,1-3H3. The second kappa shape index (κ2) is 7.81. The van der Waals surface area contributed by atoms with Gasteiger partial charge in [-0.3, -0.25) is 0 Å². The molecule has 0 fully saturated rings. The van der Waals surface area contributed by atoms with Gasteiger partial charge in [-0.1, -0.05) is 12.1 Å². The monoisotopic (exact) mass is 368 g/mol. The summed E-state index contributed by atoms with van der Waals surface area (Å²) in [6, 6.07) is 10.3. The molecule has 1 atom stereocenters. The van der Waals surface area contributed by atoms with E-state index in [0.29, 0.717) is 5.56 Å². The highest BCUT2D eigenvalue weighted by atomic mass is 32.2. The number of rotatable bonds is 7. The van der Waals surface area contributed by atoms with E-state index >= 15 is 0 Å². The van der Waals surface area contributed by atoms with Gasteiger partial charge in [0.25, 0.3) is 0 Å². The molecule has 0 radical (unpaired) electrons. The van der Waals surface area contributed by atoms with Crippen LogP contribution in [0.15, 0.2) is 47.4 Å². The highest BCUT2D eigenvalue weighted by molar-refractivity contribution is 7.89. The molecule has 0 aliphatic heterocycles. The maximum atomic E-state index is 13.4. The summed E-state index contributed by atoms with van der Waals surface area (Å²) >= 11 is 0. The molecule has 0 saturated heterocycles. The molecule has 0 saturated carbocycles. The molecule has 2 rings (SSSR count). The van der Waals surface area contributed by atoms with Crippen molar-refractivity contribution in [3.63, 3.8) is 0 Å². The number of nitrogens with zero attached hydrogens (tertiary/aromatic N) is 1. The van der Waals surface area contributed by atoms with Gasteiger partial charge < -0.3 is 14.7 Å². The lowest BCUT2D eigenvalue weighted by Gasteiger charge is -2.16. The summed E-state index contributed by atoms with van der Waals surface area (Å²) in [4.78, 5) is 1.60. The lowest BCUT2D eigenvalue weighted by molar-refractivity contribution is 0.182. The van der Waals surface area contributed by atoms with Crippen molar-refractivity contribution in [3.05, 3.63) is 53.8 Å². The Kier molecular flexibility index (Phi) is 5.99. The summed E-state index contributed by atoms with van der Waals surface area (Å²) in [6.07, 6.45) is -1.04. The Hall–Kier alpha value is -2.16. The fourth-order valence-corrected chi connectivity index (χ4v) is 3.46. The van der Waals surface area contributed by atoms with E-state index in [9.17, 15) is 17.9 Å². The first kappa shape index (κ1) is 19.2. The van der Waals surface area contributed by atoms with E-state index in [1.54, 1.807) is 12.1 Å². The number of anilines is 1. The fourth-order valence-electron chi connectivity index (χ4n) is 2.24. The van der Waals surface area contributed by atoms with Crippen LogP contribution in [0.3, 0.4) is 0 Å². The Morgan fingerprint density at radius 3 is 2.40 bits per heavy atom. The average molecular weight is 368 g/mol. The van der Waals surface area contributed by atoms with E-state index < -0.39 is 21.9 Å². The topological polar surface area (TPSA) is 78.9 Å². The molecule has 0 aliphatic rings. The molecule has 25 heavy (non-hydrogen) atoms. The van der Waals surface area contributed by atoms with Crippen molar-refractivity contribution in [3.8, 4) is 5.75 Å². The lowest BCUT2D eigenvalue weighted by atomic mass is 10.1. The number of ether oxygens (including phenoxy) is 1. The van der Waals surface area contributed by atoms with Gasteiger partial charge in [-0.25, -0.2) is 17.5 Å². The third kappa shape index (κ3) is 4.68. The zero-order chi connectivity index (χ0) is 18.6. The van der Waals surface area contributed by atoms with Gasteiger partial charge in [0.15, 0.2) is 0 Å². The van der Waals surface area contributed by atoms with E-state index in [1.807, 2.05) is 31.1 Å². The quantitative estimate of drug-likeness (QED) is 0.781. The minimum atomic E-state index is -4.03. The molecule has 6 nitrogen and oxygen atoms in total. The Morgan fingerprint density at radius 1 is 1.20 bits per heavy atom. The number of methoxy groups -OCH3 is 1. The summed E-state index contributed by atoms with van der Waals surface area (Å²) in [5, 5.41) is 10.2. The van der Waals surface area contributed by atoms with Crippen molar-refractivity contribution in [2.24, 2.45) is 0 Å². The van der Waals surface area contributed by atoms with Crippen LogP contribution in [0.1, 0.15) is 11.7 Å². The first-order valence-electron chi connectivity index (χ1n) is 7.53. The van der Waals surface area contributed by atoms with Gasteiger partial charge in [0.2, 0.25) is 10.0 Å². The number of aliphatic hydroxyl groups excluding tert-OH is 1. The predicted octanol–water partition coefficient (Wildman–Crippen LogP) is 1.91. The lowest BCUT2D eigenvalue weighted by Crippen LogP contribution is -2.29. The van der Waals surface area contributed by atoms with Crippen molar-refractivity contribution in [2.75, 3.05) is 32.6 Å². The van der Waals surface area contributed by atoms with Crippen LogP contribution < -0.4 is 14.4 Å². The summed E-state index contributed by atoms with van der Waals surface area (Å²) in [5.74, 6) is -0.667. The SMILES string of the molecule is COc1ccc(F)cc1S(=O)(=O)NCC(O)c1ccc(N(C)C)cc1. The summed E-state index contributed by atoms with van der Waals surface area (Å²) in [5.41, 5.74) is 1.53. The normalized spacial score (nSPS) is 12.7. The first-order valence-corrected chi connectivity index (χ1v) is 9.01. The molecule has 0 heterocycles. The van der Waals surface area contributed by atoms with Crippen LogP contribution in [0.4, 0.5) is 10.1 Å². The highest BCUT2D eigenvalue weighted by Crippen LogP contribution is 2.25. The second-order valence-electron chi connectivity index (χ2n) is 5.65. The largest absolute Gasteiger partial charge is 0.495 e. The van der Waals surface area contributed by atoms with Gasteiger partial charge in [0.1, 0.15) is 16.5 Å². The van der Waals surface area contributed by atoms with E-state index in [-0.39, 0.29) is 17.2 Å². The smallest absolute Gasteiger partial charge is 0.244 e. The number of hydrogen-bond donors (Lipinski definition) is 2. The molecule has 2 aromatic rings. The van der Waals surface area contributed by atoms with Crippen molar-refractivity contribution in [1.29, 1.82) is 0 Å². The van der Waals surface area contributed by atoms with E-state index in [0.717, 1.165) is 17.8 Å². The maximum Gasteiger partial charge on any atom is 0.244 e. The summed E-state index contributed by atoms with van der Waals surface area (Å²) in [6.45, 7) is -0.247. The first-order chi connectivity index (χ1) is 11.7. The minimum Gasteiger partial charge on any atom is -0.495 e. The van der Waals surface area contributed by atoms with Crippen LogP contribution in [-0.4, -0.2) is 41.3 Å². The molecule has 2 aromatic carbocycles. The van der Waals surface area contributed by atoms with Crippen LogP contribution in [0.5, 0.6) is 5.75 Å². The molecule has 0 spiro atoms. The predicted molar refractivity (Wildman–Crippen MR) is 93.9 cm³/mol. The van der Waals surface area contributed by atoms with E-state index in [2.05, 4.69) is 4.72 Å². The molecule has 1 unspecified atom stereocenters. The minimum absolute atomic E-state index is 0.0266. The molecule has 136 valence electrons. The van der Waals surface area contributed by atoms with Gasteiger partial charge in [-0.05, 0) is 35.9 Å². The number of halogens is 1. The van der Waals surface area contributed by atoms with Gasteiger partial charge in [0, 0.05) is 26.3 Å². The molecule has 0 bridgehead atoms. The van der Waals surface area contributed by atoms with Crippen LogP contribution in [0.25, 0.3) is 0 Å². The van der Waals surface area contributed by atoms with Crippen LogP contribution in [0.2, 0.25) is 0 Å². The highest BCUT2D eigenvalue weighted by Gasteiger charge is 2.21. The van der Waals surface area contributed by atoms with Crippen LogP contribution in [0, 0.1) is 5.82 Å². The van der Waals surface area contributed by atoms with Crippen molar-refractivity contribution in [1.82, 2.24) is 4.72 Å². The van der Waals surface area contributed by atoms with Crippen molar-refractivity contribution in [2.45, 2.75) is 11.0 Å². The van der Waals surface area contributed by atoms with Gasteiger partial charge >= 0.3 is 0 Å². The molecule has 2 N–H and O–H groups in total. The Balaban J connectivity index is 2.12. The summed E-state index contributed by atoms with van der Waals surface area (Å²) in [7, 11) is 1.06. The van der Waals surface area contributed by atoms with E-state index in [4.69, 9.17) is 4.74 Å². The fraction of sp³-hybridized carbons (Fsp3) is 0.294. The molecule has 0 aliphatic carbocycles. The molecule has 8 heteroatoms. The zero-order valence-electron chi connectivity index (χ0n) is 14.2.